The molecule has 1 amide bonds. The van der Waals surface area contributed by atoms with Gasteiger partial charge in [0, 0.05) is 26.1 Å². The number of carbonyl (C=O) groups is 1. The molecular formula is C17H27NO5S. The van der Waals surface area contributed by atoms with Gasteiger partial charge in [-0.1, -0.05) is 26.0 Å². The van der Waals surface area contributed by atoms with Crippen LogP contribution in [0.25, 0.3) is 0 Å². The Morgan fingerprint density at radius 3 is 2.17 bits per heavy atom. The molecule has 0 bridgehead atoms. The molecule has 0 atom stereocenters. The molecular weight excluding hydrogens is 330 g/mol. The van der Waals surface area contributed by atoms with E-state index in [0.717, 1.165) is 5.56 Å². The Morgan fingerprint density at radius 1 is 1.12 bits per heavy atom. The second-order valence-corrected chi connectivity index (χ2v) is 8.27. The minimum absolute atomic E-state index is 0.0507. The lowest BCUT2D eigenvalue weighted by Crippen LogP contribution is -2.36. The number of nitrogens with zero attached hydrogens (tertiary/aromatic N) is 1. The molecule has 0 N–H and O–H groups in total. The Balaban J connectivity index is 2.81. The summed E-state index contributed by atoms with van der Waals surface area (Å²) in [4.78, 5) is 14.0. The van der Waals surface area contributed by atoms with Crippen LogP contribution in [0.3, 0.4) is 0 Å². The van der Waals surface area contributed by atoms with Crippen molar-refractivity contribution in [3.8, 4) is 5.75 Å². The quantitative estimate of drug-likeness (QED) is 0.635. The van der Waals surface area contributed by atoms with Gasteiger partial charge < -0.3 is 13.8 Å². The van der Waals surface area contributed by atoms with E-state index in [1.165, 1.54) is 0 Å². The molecule has 0 aliphatic heterocycles. The number of amides is 1. The number of hydrogen-bond donors (Lipinski definition) is 0. The lowest BCUT2D eigenvalue weighted by molar-refractivity contribution is -0.135. The van der Waals surface area contributed by atoms with Crippen LogP contribution in [0.2, 0.25) is 0 Å². The average Bonchev–Trinajstić information content (AvgIpc) is 2.51. The number of benzene rings is 1. The van der Waals surface area contributed by atoms with Crippen molar-refractivity contribution >= 4 is 16.0 Å². The van der Waals surface area contributed by atoms with Crippen molar-refractivity contribution in [1.29, 1.82) is 0 Å². The number of ether oxygens (including phenoxy) is 1. The highest BCUT2D eigenvalue weighted by Gasteiger charge is 2.19. The lowest BCUT2D eigenvalue weighted by atomic mass is 10.1. The van der Waals surface area contributed by atoms with E-state index in [-0.39, 0.29) is 17.6 Å². The molecule has 0 unspecified atom stereocenters. The van der Waals surface area contributed by atoms with Crippen LogP contribution in [0.1, 0.15) is 33.3 Å². The first kappa shape index (κ1) is 20.4. The summed E-state index contributed by atoms with van der Waals surface area (Å²) >= 11 is 0. The first-order valence-corrected chi connectivity index (χ1v) is 9.44. The Bertz CT molecular complexity index is 623. The van der Waals surface area contributed by atoms with Gasteiger partial charge in [-0.05, 0) is 31.5 Å². The minimum Gasteiger partial charge on any atom is -0.383 e. The third kappa shape index (κ3) is 6.13. The highest BCUT2D eigenvalue weighted by atomic mass is 32.2. The molecule has 0 fully saturated rings. The molecule has 136 valence electrons. The maximum atomic E-state index is 12.2. The highest BCUT2D eigenvalue weighted by molar-refractivity contribution is 7.87. The predicted molar refractivity (Wildman–Crippen MR) is 93.3 cm³/mol. The van der Waals surface area contributed by atoms with E-state index in [0.29, 0.717) is 19.7 Å². The number of methoxy groups -OCH3 is 1. The van der Waals surface area contributed by atoms with Crippen LogP contribution < -0.4 is 4.18 Å². The van der Waals surface area contributed by atoms with Crippen LogP contribution in [0.15, 0.2) is 24.3 Å². The standard InChI is InChI=1S/C17H27NO5S/c1-13(2)17(19)18(10-11-22-5)12-15-6-8-16(9-7-15)23-24(20,21)14(3)4/h6-9,13-14H,10-12H2,1-5H3. The van der Waals surface area contributed by atoms with E-state index in [2.05, 4.69) is 0 Å². The molecule has 0 heterocycles. The van der Waals surface area contributed by atoms with E-state index < -0.39 is 15.4 Å². The fourth-order valence-corrected chi connectivity index (χ4v) is 2.51. The van der Waals surface area contributed by atoms with Crippen LogP contribution in [0.4, 0.5) is 0 Å². The molecule has 0 aliphatic rings. The van der Waals surface area contributed by atoms with Gasteiger partial charge in [0.1, 0.15) is 5.75 Å². The summed E-state index contributed by atoms with van der Waals surface area (Å²) in [5, 5.41) is -0.606. The van der Waals surface area contributed by atoms with Crippen molar-refractivity contribution < 1.29 is 22.1 Å². The fraction of sp³-hybridized carbons (Fsp3) is 0.588. The Morgan fingerprint density at radius 2 is 1.71 bits per heavy atom. The fourth-order valence-electron chi connectivity index (χ4n) is 1.93. The van der Waals surface area contributed by atoms with Crippen LogP contribution in [-0.4, -0.2) is 44.7 Å². The summed E-state index contributed by atoms with van der Waals surface area (Å²) in [6, 6.07) is 6.73. The maximum absolute atomic E-state index is 12.2. The Labute approximate surface area is 144 Å². The van der Waals surface area contributed by atoms with Crippen molar-refractivity contribution in [2.24, 2.45) is 5.92 Å². The second-order valence-electron chi connectivity index (χ2n) is 6.18. The van der Waals surface area contributed by atoms with Crippen molar-refractivity contribution in [2.75, 3.05) is 20.3 Å². The average molecular weight is 357 g/mol. The van der Waals surface area contributed by atoms with Crippen molar-refractivity contribution in [3.05, 3.63) is 29.8 Å². The van der Waals surface area contributed by atoms with Crippen LogP contribution >= 0.6 is 0 Å². The zero-order valence-corrected chi connectivity index (χ0v) is 15.8. The normalized spacial score (nSPS) is 11.8. The largest absolute Gasteiger partial charge is 0.383 e. The van der Waals surface area contributed by atoms with Gasteiger partial charge in [-0.25, -0.2) is 0 Å². The Hall–Kier alpha value is -1.60. The van der Waals surface area contributed by atoms with E-state index >= 15 is 0 Å². The van der Waals surface area contributed by atoms with Crippen LogP contribution in [-0.2, 0) is 26.2 Å². The molecule has 6 nitrogen and oxygen atoms in total. The molecule has 1 aromatic rings. The topological polar surface area (TPSA) is 72.9 Å². The van der Waals surface area contributed by atoms with Crippen LogP contribution in [0.5, 0.6) is 5.75 Å². The SMILES string of the molecule is COCCN(Cc1ccc(OS(=O)(=O)C(C)C)cc1)C(=O)C(C)C. The predicted octanol–water partition coefficient (Wildman–Crippen LogP) is 2.43. The number of hydrogen-bond acceptors (Lipinski definition) is 5. The van der Waals surface area contributed by atoms with Gasteiger partial charge in [0.05, 0.1) is 11.9 Å². The zero-order valence-electron chi connectivity index (χ0n) is 15.0. The first-order chi connectivity index (χ1) is 11.2. The molecule has 24 heavy (non-hydrogen) atoms. The van der Waals surface area contributed by atoms with Gasteiger partial charge in [0.2, 0.25) is 5.91 Å². The third-order valence-electron chi connectivity index (χ3n) is 3.46. The van der Waals surface area contributed by atoms with E-state index in [4.69, 9.17) is 8.92 Å². The molecule has 1 rings (SSSR count). The van der Waals surface area contributed by atoms with E-state index in [1.54, 1.807) is 50.1 Å². The van der Waals surface area contributed by atoms with Crippen molar-refractivity contribution in [2.45, 2.75) is 39.5 Å². The van der Waals surface area contributed by atoms with Gasteiger partial charge in [-0.2, -0.15) is 8.42 Å². The molecule has 0 saturated heterocycles. The van der Waals surface area contributed by atoms with E-state index in [9.17, 15) is 13.2 Å². The lowest BCUT2D eigenvalue weighted by Gasteiger charge is -2.24. The minimum atomic E-state index is -3.60. The zero-order chi connectivity index (χ0) is 18.3. The third-order valence-corrected chi connectivity index (χ3v) is 5.04. The smallest absolute Gasteiger partial charge is 0.311 e. The molecule has 0 radical (unpaired) electrons. The van der Waals surface area contributed by atoms with Crippen molar-refractivity contribution in [1.82, 2.24) is 4.90 Å². The summed E-state index contributed by atoms with van der Waals surface area (Å²) in [7, 11) is -2.01. The van der Waals surface area contributed by atoms with Gasteiger partial charge in [-0.3, -0.25) is 4.79 Å². The molecule has 1 aromatic carbocycles. The van der Waals surface area contributed by atoms with Gasteiger partial charge in [-0.15, -0.1) is 0 Å². The van der Waals surface area contributed by atoms with Gasteiger partial charge in [0.15, 0.2) is 0 Å². The molecule has 0 aliphatic carbocycles. The number of rotatable bonds is 9. The summed E-state index contributed by atoms with van der Waals surface area (Å²) in [5.41, 5.74) is 0.898. The molecule has 7 heteroatoms. The summed E-state index contributed by atoms with van der Waals surface area (Å²) in [5.74, 6) is 0.224. The van der Waals surface area contributed by atoms with Crippen LogP contribution in [0, 0.1) is 5.92 Å². The van der Waals surface area contributed by atoms with E-state index in [1.807, 2.05) is 13.8 Å². The summed E-state index contributed by atoms with van der Waals surface area (Å²) < 4.78 is 33.6. The molecule has 0 aromatic heterocycles. The highest BCUT2D eigenvalue weighted by Crippen LogP contribution is 2.18. The summed E-state index contributed by atoms with van der Waals surface area (Å²) in [6.07, 6.45) is 0. The monoisotopic (exact) mass is 357 g/mol. The molecule has 0 saturated carbocycles. The maximum Gasteiger partial charge on any atom is 0.311 e. The molecule has 0 spiro atoms. The second kappa shape index (κ2) is 9.03. The van der Waals surface area contributed by atoms with Gasteiger partial charge in [0.25, 0.3) is 0 Å². The summed E-state index contributed by atoms with van der Waals surface area (Å²) in [6.45, 7) is 8.26. The first-order valence-electron chi connectivity index (χ1n) is 7.97. The number of carbonyl (C=O) groups excluding carboxylic acids is 1. The van der Waals surface area contributed by atoms with Crippen molar-refractivity contribution in [3.63, 3.8) is 0 Å². The Kier molecular flexibility index (Phi) is 7.69. The van der Waals surface area contributed by atoms with Gasteiger partial charge >= 0.3 is 10.1 Å².